The first-order chi connectivity index (χ1) is 19.9. The molecule has 0 amide bonds. The van der Waals surface area contributed by atoms with Crippen LogP contribution in [-0.4, -0.2) is 51.9 Å². The Morgan fingerprint density at radius 2 is 1.46 bits per heavy atom. The Morgan fingerprint density at radius 3 is 2.07 bits per heavy atom. The number of aliphatic hydroxyl groups is 2. The number of benzene rings is 4. The van der Waals surface area contributed by atoms with Gasteiger partial charge in [-0.2, -0.15) is 0 Å². The van der Waals surface area contributed by atoms with Gasteiger partial charge in [0.2, 0.25) is 0 Å². The molecule has 4 N–H and O–H groups in total. The van der Waals surface area contributed by atoms with Crippen LogP contribution in [0.25, 0.3) is 0 Å². The molecule has 0 saturated heterocycles. The molecule has 214 valence electrons. The standard InChI is InChI=1S/C32H35N3O6/c33-31-18-30(15-16-32(31)35(38)39)41-23-28(37)20-34(19-25-7-3-1-4-8-25)27(21-36)17-24-11-13-29(14-12-24)40-22-26-9-5-2-6-10-26/h1-16,18,27-28,36-37H,17,19-23,33H2/t27-,28-/m0/s1. The van der Waals surface area contributed by atoms with Crippen molar-refractivity contribution in [2.45, 2.75) is 31.7 Å². The van der Waals surface area contributed by atoms with Crippen LogP contribution in [0, 0.1) is 10.1 Å². The van der Waals surface area contributed by atoms with Crippen molar-refractivity contribution in [2.24, 2.45) is 0 Å². The van der Waals surface area contributed by atoms with Crippen molar-refractivity contribution in [3.05, 3.63) is 130 Å². The number of nitrogens with zero attached hydrogens (tertiary/aromatic N) is 2. The van der Waals surface area contributed by atoms with E-state index in [-0.39, 0.29) is 37.2 Å². The van der Waals surface area contributed by atoms with E-state index >= 15 is 0 Å². The third-order valence-corrected chi connectivity index (χ3v) is 6.68. The van der Waals surface area contributed by atoms with Gasteiger partial charge >= 0.3 is 0 Å². The van der Waals surface area contributed by atoms with Crippen LogP contribution >= 0.6 is 0 Å². The van der Waals surface area contributed by atoms with Crippen molar-refractivity contribution >= 4 is 11.4 Å². The van der Waals surface area contributed by atoms with Crippen molar-refractivity contribution in [1.29, 1.82) is 0 Å². The molecule has 0 aliphatic heterocycles. The Balaban J connectivity index is 1.39. The predicted octanol–water partition coefficient (Wildman–Crippen LogP) is 4.60. The summed E-state index contributed by atoms with van der Waals surface area (Å²) in [6.45, 7) is 1.09. The predicted molar refractivity (Wildman–Crippen MR) is 158 cm³/mol. The topological polar surface area (TPSA) is 131 Å². The van der Waals surface area contributed by atoms with Gasteiger partial charge in [-0.3, -0.25) is 15.0 Å². The minimum atomic E-state index is -0.891. The Kier molecular flexibility index (Phi) is 10.7. The molecule has 2 atom stereocenters. The maximum absolute atomic E-state index is 11.0. The third kappa shape index (κ3) is 9.04. The maximum Gasteiger partial charge on any atom is 0.292 e. The Labute approximate surface area is 239 Å². The summed E-state index contributed by atoms with van der Waals surface area (Å²) in [5.74, 6) is 1.09. The van der Waals surface area contributed by atoms with Crippen LogP contribution < -0.4 is 15.2 Å². The summed E-state index contributed by atoms with van der Waals surface area (Å²) in [5.41, 5.74) is 8.71. The van der Waals surface area contributed by atoms with Crippen LogP contribution in [0.3, 0.4) is 0 Å². The molecule has 0 heterocycles. The zero-order valence-electron chi connectivity index (χ0n) is 22.7. The van der Waals surface area contributed by atoms with Gasteiger partial charge in [0.15, 0.2) is 0 Å². The summed E-state index contributed by atoms with van der Waals surface area (Å²) in [7, 11) is 0. The zero-order chi connectivity index (χ0) is 29.0. The highest BCUT2D eigenvalue weighted by molar-refractivity contribution is 5.60. The summed E-state index contributed by atoms with van der Waals surface area (Å²) >= 11 is 0. The third-order valence-electron chi connectivity index (χ3n) is 6.68. The minimum absolute atomic E-state index is 0.00970. The molecule has 0 aromatic heterocycles. The maximum atomic E-state index is 11.0. The number of ether oxygens (including phenoxy) is 2. The number of hydrogen-bond acceptors (Lipinski definition) is 8. The molecule has 0 saturated carbocycles. The van der Waals surface area contributed by atoms with Crippen molar-refractivity contribution in [2.75, 3.05) is 25.5 Å². The molecule has 0 radical (unpaired) electrons. The quantitative estimate of drug-likeness (QED) is 0.110. The van der Waals surface area contributed by atoms with Crippen molar-refractivity contribution in [3.63, 3.8) is 0 Å². The molecule has 0 bridgehead atoms. The van der Waals surface area contributed by atoms with Crippen molar-refractivity contribution in [1.82, 2.24) is 4.90 Å². The summed E-state index contributed by atoms with van der Waals surface area (Å²) in [6, 6.07) is 31.5. The molecule has 0 fully saturated rings. The van der Waals surface area contributed by atoms with Gasteiger partial charge in [-0.15, -0.1) is 0 Å². The Morgan fingerprint density at radius 1 is 0.829 bits per heavy atom. The average Bonchev–Trinajstić information content (AvgIpc) is 2.99. The fourth-order valence-corrected chi connectivity index (χ4v) is 4.51. The summed E-state index contributed by atoms with van der Waals surface area (Å²) in [6.07, 6.45) is -0.327. The number of aliphatic hydroxyl groups excluding tert-OH is 2. The molecule has 0 aliphatic carbocycles. The highest BCUT2D eigenvalue weighted by Gasteiger charge is 2.22. The van der Waals surface area contributed by atoms with E-state index in [0.29, 0.717) is 25.3 Å². The van der Waals surface area contributed by atoms with Gasteiger partial charge < -0.3 is 25.4 Å². The molecule has 0 unspecified atom stereocenters. The first-order valence-electron chi connectivity index (χ1n) is 13.4. The summed E-state index contributed by atoms with van der Waals surface area (Å²) in [4.78, 5) is 12.5. The van der Waals surface area contributed by atoms with Crippen LogP contribution in [0.1, 0.15) is 16.7 Å². The monoisotopic (exact) mass is 557 g/mol. The van der Waals surface area contributed by atoms with E-state index in [4.69, 9.17) is 15.2 Å². The molecule has 0 aliphatic rings. The fourth-order valence-electron chi connectivity index (χ4n) is 4.51. The zero-order valence-corrected chi connectivity index (χ0v) is 22.7. The SMILES string of the molecule is Nc1cc(OC[C@@H](O)CN(Cc2ccccc2)[C@H](CO)Cc2ccc(OCc3ccccc3)cc2)ccc1[N+](=O)[O-]. The van der Waals surface area contributed by atoms with Gasteiger partial charge in [0.1, 0.15) is 36.5 Å². The molecule has 4 aromatic rings. The number of nitrogen functional groups attached to an aromatic ring is 1. The van der Waals surface area contributed by atoms with Crippen LogP contribution in [0.5, 0.6) is 11.5 Å². The lowest BCUT2D eigenvalue weighted by molar-refractivity contribution is -0.383. The largest absolute Gasteiger partial charge is 0.491 e. The second kappa shape index (κ2) is 14.8. The van der Waals surface area contributed by atoms with Crippen LogP contribution in [-0.2, 0) is 19.6 Å². The second-order valence-electron chi connectivity index (χ2n) is 9.82. The Bertz CT molecular complexity index is 1370. The van der Waals surface area contributed by atoms with Gasteiger partial charge in [-0.25, -0.2) is 0 Å². The smallest absolute Gasteiger partial charge is 0.292 e. The highest BCUT2D eigenvalue weighted by atomic mass is 16.6. The van der Waals surface area contributed by atoms with E-state index in [1.165, 1.54) is 18.2 Å². The lowest BCUT2D eigenvalue weighted by Gasteiger charge is -2.32. The van der Waals surface area contributed by atoms with Gasteiger partial charge in [-0.1, -0.05) is 72.8 Å². The van der Waals surface area contributed by atoms with Crippen molar-refractivity contribution in [3.8, 4) is 11.5 Å². The molecule has 4 aromatic carbocycles. The van der Waals surface area contributed by atoms with Crippen LogP contribution in [0.15, 0.2) is 103 Å². The fraction of sp³-hybridized carbons (Fsp3) is 0.250. The molecule has 0 spiro atoms. The van der Waals surface area contributed by atoms with E-state index in [1.807, 2.05) is 89.8 Å². The number of nitro groups is 1. The van der Waals surface area contributed by atoms with E-state index in [2.05, 4.69) is 0 Å². The molecular weight excluding hydrogens is 522 g/mol. The first kappa shape index (κ1) is 29.5. The van der Waals surface area contributed by atoms with Crippen LogP contribution in [0.2, 0.25) is 0 Å². The highest BCUT2D eigenvalue weighted by Crippen LogP contribution is 2.26. The van der Waals surface area contributed by atoms with Gasteiger partial charge in [0, 0.05) is 31.3 Å². The van der Waals surface area contributed by atoms with Crippen molar-refractivity contribution < 1.29 is 24.6 Å². The molecule has 41 heavy (non-hydrogen) atoms. The number of rotatable bonds is 15. The lowest BCUT2D eigenvalue weighted by Crippen LogP contribution is -2.44. The Hall–Kier alpha value is -4.44. The first-order valence-corrected chi connectivity index (χ1v) is 13.4. The summed E-state index contributed by atoms with van der Waals surface area (Å²) in [5, 5.41) is 32.2. The molecule has 9 heteroatoms. The van der Waals surface area contributed by atoms with Crippen LogP contribution in [0.4, 0.5) is 11.4 Å². The normalized spacial score (nSPS) is 12.6. The summed E-state index contributed by atoms with van der Waals surface area (Å²) < 4.78 is 11.6. The van der Waals surface area contributed by atoms with Gasteiger partial charge in [-0.05, 0) is 41.3 Å². The van der Waals surface area contributed by atoms with E-state index in [9.17, 15) is 20.3 Å². The molecule has 4 rings (SSSR count). The number of anilines is 1. The van der Waals surface area contributed by atoms with Gasteiger partial charge in [0.25, 0.3) is 5.69 Å². The number of nitro benzene ring substituents is 1. The molecule has 9 nitrogen and oxygen atoms in total. The second-order valence-corrected chi connectivity index (χ2v) is 9.82. The van der Waals surface area contributed by atoms with E-state index in [1.54, 1.807) is 0 Å². The lowest BCUT2D eigenvalue weighted by atomic mass is 10.0. The minimum Gasteiger partial charge on any atom is -0.491 e. The molecular formula is C32H35N3O6. The van der Waals surface area contributed by atoms with E-state index in [0.717, 1.165) is 22.4 Å². The number of hydrogen-bond donors (Lipinski definition) is 3. The number of nitrogens with two attached hydrogens (primary N) is 1. The van der Waals surface area contributed by atoms with Gasteiger partial charge in [0.05, 0.1) is 11.5 Å². The average molecular weight is 558 g/mol. The van der Waals surface area contributed by atoms with E-state index < -0.39 is 11.0 Å².